The van der Waals surface area contributed by atoms with Crippen molar-refractivity contribution in [1.82, 2.24) is 0 Å². The van der Waals surface area contributed by atoms with E-state index in [1.165, 1.54) is 0 Å². The summed E-state index contributed by atoms with van der Waals surface area (Å²) < 4.78 is 5.81. The lowest BCUT2D eigenvalue weighted by Crippen LogP contribution is -2.23. The van der Waals surface area contributed by atoms with Gasteiger partial charge in [0, 0.05) is 11.4 Å². The van der Waals surface area contributed by atoms with Gasteiger partial charge in [0.15, 0.2) is 0 Å². The van der Waals surface area contributed by atoms with Crippen LogP contribution in [0.1, 0.15) is 26.3 Å². The van der Waals surface area contributed by atoms with Gasteiger partial charge in [-0.3, -0.25) is 0 Å². The Morgan fingerprint density at radius 1 is 1.00 bits per heavy atom. The number of hydrogen-bond acceptors (Lipinski definition) is 2. The molecule has 2 aromatic rings. The number of benzene rings is 2. The molecule has 0 bridgehead atoms. The first-order valence-corrected chi connectivity index (χ1v) is 8.22. The molecule has 0 radical (unpaired) electrons. The van der Waals surface area contributed by atoms with Gasteiger partial charge in [-0.25, -0.2) is 4.79 Å². The molecule has 2 rings (SSSR count). The van der Waals surface area contributed by atoms with Crippen molar-refractivity contribution in [2.24, 2.45) is 0 Å². The highest BCUT2D eigenvalue weighted by atomic mass is 35.5. The molecule has 0 aromatic heterocycles. The number of hydrogen-bond donors (Lipinski definition) is 2. The second kappa shape index (κ2) is 7.32. The number of urea groups is 1. The molecular weight excluding hydrogens is 347 g/mol. The lowest BCUT2D eigenvalue weighted by molar-refractivity contribution is 0.131. The molecule has 2 amide bonds. The average molecular weight is 367 g/mol. The fourth-order valence-corrected chi connectivity index (χ4v) is 2.35. The molecule has 128 valence electrons. The lowest BCUT2D eigenvalue weighted by atomic mass is 10.1. The van der Waals surface area contributed by atoms with Gasteiger partial charge in [0.05, 0.1) is 10.0 Å². The van der Waals surface area contributed by atoms with E-state index in [1.807, 2.05) is 45.9 Å². The Kier molecular flexibility index (Phi) is 5.62. The number of anilines is 2. The van der Waals surface area contributed by atoms with Gasteiger partial charge in [-0.05, 0) is 69.7 Å². The number of carbonyl (C=O) groups is 1. The molecule has 0 aliphatic rings. The van der Waals surface area contributed by atoms with Crippen molar-refractivity contribution < 1.29 is 9.53 Å². The van der Waals surface area contributed by atoms with Crippen LogP contribution in [0.5, 0.6) is 5.75 Å². The van der Waals surface area contributed by atoms with Crippen LogP contribution in [0.15, 0.2) is 36.4 Å². The molecule has 0 unspecified atom stereocenters. The third-order valence-corrected chi connectivity index (χ3v) is 3.79. The van der Waals surface area contributed by atoms with Gasteiger partial charge in [-0.2, -0.15) is 0 Å². The Morgan fingerprint density at radius 2 is 1.71 bits per heavy atom. The summed E-state index contributed by atoms with van der Waals surface area (Å²) in [4.78, 5) is 12.1. The molecule has 6 heteroatoms. The largest absolute Gasteiger partial charge is 0.488 e. The van der Waals surface area contributed by atoms with Crippen LogP contribution < -0.4 is 15.4 Å². The topological polar surface area (TPSA) is 50.4 Å². The summed E-state index contributed by atoms with van der Waals surface area (Å²) >= 11 is 11.8. The number of halogens is 2. The van der Waals surface area contributed by atoms with Gasteiger partial charge in [-0.1, -0.05) is 23.2 Å². The Morgan fingerprint density at radius 3 is 2.29 bits per heavy atom. The highest BCUT2D eigenvalue weighted by Gasteiger charge is 2.13. The predicted molar refractivity (Wildman–Crippen MR) is 101 cm³/mol. The van der Waals surface area contributed by atoms with E-state index in [2.05, 4.69) is 10.6 Å². The molecule has 24 heavy (non-hydrogen) atoms. The molecule has 0 fully saturated rings. The fourth-order valence-electron chi connectivity index (χ4n) is 2.05. The Balaban J connectivity index is 2.04. The van der Waals surface area contributed by atoms with Gasteiger partial charge in [-0.15, -0.1) is 0 Å². The zero-order valence-electron chi connectivity index (χ0n) is 14.0. The van der Waals surface area contributed by atoms with E-state index >= 15 is 0 Å². The maximum atomic E-state index is 12.1. The van der Waals surface area contributed by atoms with E-state index in [-0.39, 0.29) is 11.6 Å². The fraction of sp³-hybridized carbons (Fsp3) is 0.278. The van der Waals surface area contributed by atoms with Gasteiger partial charge in [0.25, 0.3) is 0 Å². The molecule has 0 aliphatic carbocycles. The van der Waals surface area contributed by atoms with Crippen molar-refractivity contribution in [2.45, 2.75) is 33.3 Å². The Bertz CT molecular complexity index is 755. The number of aryl methyl sites for hydroxylation is 1. The number of rotatable bonds is 3. The normalized spacial score (nSPS) is 11.1. The highest BCUT2D eigenvalue weighted by Crippen LogP contribution is 2.26. The monoisotopic (exact) mass is 366 g/mol. The van der Waals surface area contributed by atoms with E-state index in [4.69, 9.17) is 27.9 Å². The van der Waals surface area contributed by atoms with Gasteiger partial charge < -0.3 is 15.4 Å². The van der Waals surface area contributed by atoms with Crippen molar-refractivity contribution in [3.8, 4) is 5.75 Å². The molecule has 0 heterocycles. The lowest BCUT2D eigenvalue weighted by Gasteiger charge is -2.22. The SMILES string of the molecule is Cc1cc(OC(C)(C)C)ccc1NC(=O)Nc1ccc(Cl)c(Cl)c1. The van der Waals surface area contributed by atoms with Gasteiger partial charge in [0.2, 0.25) is 0 Å². The van der Waals surface area contributed by atoms with Crippen molar-refractivity contribution in [3.63, 3.8) is 0 Å². The minimum absolute atomic E-state index is 0.271. The second-order valence-electron chi connectivity index (χ2n) is 6.40. The molecule has 0 saturated carbocycles. The van der Waals surface area contributed by atoms with E-state index in [0.29, 0.717) is 21.4 Å². The van der Waals surface area contributed by atoms with Crippen molar-refractivity contribution in [1.29, 1.82) is 0 Å². The summed E-state index contributed by atoms with van der Waals surface area (Å²) in [6.07, 6.45) is 0. The molecular formula is C18H20Cl2N2O2. The van der Waals surface area contributed by atoms with E-state index in [1.54, 1.807) is 18.2 Å². The standard InChI is InChI=1S/C18H20Cl2N2O2/c1-11-9-13(24-18(2,3)4)6-8-16(11)22-17(23)21-12-5-7-14(19)15(20)10-12/h5-10H,1-4H3,(H2,21,22,23). The number of amides is 2. The van der Waals surface area contributed by atoms with Crippen LogP contribution in [-0.2, 0) is 0 Å². The summed E-state index contributed by atoms with van der Waals surface area (Å²) in [5.74, 6) is 0.760. The minimum Gasteiger partial charge on any atom is -0.488 e. The van der Waals surface area contributed by atoms with E-state index < -0.39 is 0 Å². The Hall–Kier alpha value is -1.91. The van der Waals surface area contributed by atoms with E-state index in [9.17, 15) is 4.79 Å². The van der Waals surface area contributed by atoms with Gasteiger partial charge >= 0.3 is 6.03 Å². The summed E-state index contributed by atoms with van der Waals surface area (Å²) in [6.45, 7) is 7.86. The van der Waals surface area contributed by atoms with Crippen LogP contribution in [0.25, 0.3) is 0 Å². The average Bonchev–Trinajstić information content (AvgIpc) is 2.44. The molecule has 0 aliphatic heterocycles. The summed E-state index contributed by atoms with van der Waals surface area (Å²) in [7, 11) is 0. The number of carbonyl (C=O) groups excluding carboxylic acids is 1. The third-order valence-electron chi connectivity index (χ3n) is 3.05. The molecule has 0 spiro atoms. The molecule has 2 N–H and O–H groups in total. The third kappa shape index (κ3) is 5.32. The Labute approximate surface area is 152 Å². The predicted octanol–water partition coefficient (Wildman–Crippen LogP) is 6.12. The summed E-state index contributed by atoms with van der Waals surface area (Å²) in [5.41, 5.74) is 1.90. The first kappa shape index (κ1) is 18.4. The maximum absolute atomic E-state index is 12.1. The van der Waals surface area contributed by atoms with Crippen molar-refractivity contribution in [3.05, 3.63) is 52.0 Å². The summed E-state index contributed by atoms with van der Waals surface area (Å²) in [6, 6.07) is 10.1. The van der Waals surface area contributed by atoms with Crippen LogP contribution in [0.4, 0.5) is 16.2 Å². The van der Waals surface area contributed by atoms with Crippen LogP contribution in [-0.4, -0.2) is 11.6 Å². The molecule has 0 saturated heterocycles. The van der Waals surface area contributed by atoms with Crippen molar-refractivity contribution >= 4 is 40.6 Å². The number of nitrogens with one attached hydrogen (secondary N) is 2. The first-order valence-electron chi connectivity index (χ1n) is 7.47. The first-order chi connectivity index (χ1) is 11.1. The van der Waals surface area contributed by atoms with E-state index in [0.717, 1.165) is 11.3 Å². The number of ether oxygens (including phenoxy) is 1. The minimum atomic E-state index is -0.360. The molecule has 4 nitrogen and oxygen atoms in total. The van der Waals surface area contributed by atoms with Crippen LogP contribution in [0, 0.1) is 6.92 Å². The summed E-state index contributed by atoms with van der Waals surface area (Å²) in [5, 5.41) is 6.34. The second-order valence-corrected chi connectivity index (χ2v) is 7.21. The molecule has 2 aromatic carbocycles. The zero-order valence-corrected chi connectivity index (χ0v) is 15.5. The van der Waals surface area contributed by atoms with Crippen LogP contribution in [0.3, 0.4) is 0 Å². The molecule has 0 atom stereocenters. The van der Waals surface area contributed by atoms with Crippen LogP contribution >= 0.6 is 23.2 Å². The van der Waals surface area contributed by atoms with Crippen molar-refractivity contribution in [2.75, 3.05) is 10.6 Å². The van der Waals surface area contributed by atoms with Crippen LogP contribution in [0.2, 0.25) is 10.0 Å². The zero-order chi connectivity index (χ0) is 17.9. The smallest absolute Gasteiger partial charge is 0.323 e. The highest BCUT2D eigenvalue weighted by molar-refractivity contribution is 6.42. The van der Waals surface area contributed by atoms with Gasteiger partial charge in [0.1, 0.15) is 11.4 Å². The quantitative estimate of drug-likeness (QED) is 0.686. The maximum Gasteiger partial charge on any atom is 0.323 e.